The number of pyridine rings is 2. The van der Waals surface area contributed by atoms with Crippen LogP contribution in [0.4, 0.5) is 11.5 Å². The minimum atomic E-state index is 0.416. The molecule has 86 valence electrons. The van der Waals surface area contributed by atoms with E-state index in [-0.39, 0.29) is 0 Å². The Labute approximate surface area is 100 Å². The molecule has 0 aliphatic rings. The van der Waals surface area contributed by atoms with Crippen molar-refractivity contribution in [2.24, 2.45) is 5.73 Å². The van der Waals surface area contributed by atoms with Crippen LogP contribution in [0.2, 0.25) is 0 Å². The molecule has 0 spiro atoms. The van der Waals surface area contributed by atoms with Gasteiger partial charge in [-0.25, -0.2) is 4.98 Å². The average Bonchev–Trinajstić information content (AvgIpc) is 2.33. The molecule has 0 atom stereocenters. The monoisotopic (exact) mass is 226 g/mol. The van der Waals surface area contributed by atoms with Gasteiger partial charge in [0.2, 0.25) is 0 Å². The van der Waals surface area contributed by atoms with E-state index in [0.717, 1.165) is 17.2 Å². The molecule has 2 aromatic heterocycles. The van der Waals surface area contributed by atoms with Crippen LogP contribution in [0.15, 0.2) is 55.1 Å². The minimum Gasteiger partial charge on any atom is -0.385 e. The predicted octanol–water partition coefficient (Wildman–Crippen LogP) is 2.35. The third-order valence-corrected chi connectivity index (χ3v) is 2.39. The quantitative estimate of drug-likeness (QED) is 0.872. The third kappa shape index (κ3) is 2.25. The Hall–Kier alpha value is -2.36. The largest absolute Gasteiger partial charge is 0.385 e. The molecular formula is C13H14N4. The van der Waals surface area contributed by atoms with Crippen LogP contribution in [0.25, 0.3) is 0 Å². The Bertz CT molecular complexity index is 522. The highest BCUT2D eigenvalue weighted by molar-refractivity contribution is 5.66. The molecule has 0 saturated carbocycles. The zero-order chi connectivity index (χ0) is 12.3. The summed E-state index contributed by atoms with van der Waals surface area (Å²) in [6.07, 6.45) is 3.46. The van der Waals surface area contributed by atoms with E-state index >= 15 is 0 Å². The first-order chi connectivity index (χ1) is 8.20. The maximum Gasteiger partial charge on any atom is 0.138 e. The van der Waals surface area contributed by atoms with Crippen molar-refractivity contribution in [2.75, 3.05) is 4.90 Å². The normalized spacial score (nSPS) is 9.94. The van der Waals surface area contributed by atoms with Crippen molar-refractivity contribution in [3.63, 3.8) is 0 Å². The highest BCUT2D eigenvalue weighted by Crippen LogP contribution is 2.27. The molecule has 0 aromatic carbocycles. The SMILES string of the molecule is C=C(N)N(c1ccccn1)c1cccnc1C. The Balaban J connectivity index is 2.51. The summed E-state index contributed by atoms with van der Waals surface area (Å²) in [5.74, 6) is 1.15. The summed E-state index contributed by atoms with van der Waals surface area (Å²) in [5.41, 5.74) is 7.60. The molecular weight excluding hydrogens is 212 g/mol. The number of hydrogen-bond donors (Lipinski definition) is 1. The molecule has 0 aliphatic carbocycles. The van der Waals surface area contributed by atoms with Crippen molar-refractivity contribution < 1.29 is 0 Å². The lowest BCUT2D eigenvalue weighted by Crippen LogP contribution is -2.23. The summed E-state index contributed by atoms with van der Waals surface area (Å²) in [6.45, 7) is 5.71. The van der Waals surface area contributed by atoms with Crippen molar-refractivity contribution in [3.05, 3.63) is 60.8 Å². The molecule has 17 heavy (non-hydrogen) atoms. The third-order valence-electron chi connectivity index (χ3n) is 2.39. The van der Waals surface area contributed by atoms with E-state index in [4.69, 9.17) is 5.73 Å². The standard InChI is InChI=1S/C13H14N4/c1-10-12(6-5-9-15-10)17(11(2)14)13-7-3-4-8-16-13/h3-9H,2,14H2,1H3. The van der Waals surface area contributed by atoms with E-state index in [1.807, 2.05) is 37.3 Å². The number of aryl methyl sites for hydroxylation is 1. The summed E-state index contributed by atoms with van der Waals surface area (Å²) >= 11 is 0. The molecule has 2 aromatic rings. The first kappa shape index (κ1) is 11.1. The topological polar surface area (TPSA) is 55.0 Å². The summed E-state index contributed by atoms with van der Waals surface area (Å²) in [5, 5.41) is 0. The van der Waals surface area contributed by atoms with Gasteiger partial charge in [0.25, 0.3) is 0 Å². The number of aromatic nitrogens is 2. The van der Waals surface area contributed by atoms with Crippen LogP contribution in [0.5, 0.6) is 0 Å². The van der Waals surface area contributed by atoms with Crippen LogP contribution in [0.3, 0.4) is 0 Å². The van der Waals surface area contributed by atoms with Gasteiger partial charge in [0.1, 0.15) is 11.6 Å². The first-order valence-electron chi connectivity index (χ1n) is 5.27. The van der Waals surface area contributed by atoms with Crippen LogP contribution >= 0.6 is 0 Å². The second kappa shape index (κ2) is 4.65. The van der Waals surface area contributed by atoms with Gasteiger partial charge in [0.15, 0.2) is 0 Å². The smallest absolute Gasteiger partial charge is 0.138 e. The molecule has 4 heteroatoms. The van der Waals surface area contributed by atoms with E-state index in [9.17, 15) is 0 Å². The van der Waals surface area contributed by atoms with Gasteiger partial charge in [-0.3, -0.25) is 9.88 Å². The maximum atomic E-state index is 5.83. The molecule has 0 unspecified atom stereocenters. The predicted molar refractivity (Wildman–Crippen MR) is 68.7 cm³/mol. The van der Waals surface area contributed by atoms with Crippen LogP contribution < -0.4 is 10.6 Å². The summed E-state index contributed by atoms with van der Waals surface area (Å²) in [6, 6.07) is 9.45. The van der Waals surface area contributed by atoms with Crippen LogP contribution in [0, 0.1) is 6.92 Å². The molecule has 0 saturated heterocycles. The van der Waals surface area contributed by atoms with E-state index in [1.165, 1.54) is 0 Å². The highest BCUT2D eigenvalue weighted by Gasteiger charge is 2.13. The van der Waals surface area contributed by atoms with E-state index < -0.39 is 0 Å². The number of hydrogen-bond acceptors (Lipinski definition) is 4. The maximum absolute atomic E-state index is 5.83. The van der Waals surface area contributed by atoms with Gasteiger partial charge in [0.05, 0.1) is 11.4 Å². The first-order valence-corrected chi connectivity index (χ1v) is 5.27. The van der Waals surface area contributed by atoms with Crippen molar-refractivity contribution in [1.82, 2.24) is 9.97 Å². The van der Waals surface area contributed by atoms with Gasteiger partial charge in [-0.2, -0.15) is 0 Å². The second-order valence-corrected chi connectivity index (χ2v) is 3.62. The Kier molecular flexibility index (Phi) is 3.05. The van der Waals surface area contributed by atoms with Gasteiger partial charge in [-0.1, -0.05) is 12.6 Å². The van der Waals surface area contributed by atoms with Crippen molar-refractivity contribution in [1.29, 1.82) is 0 Å². The summed E-state index contributed by atoms with van der Waals surface area (Å²) in [4.78, 5) is 10.3. The molecule has 0 bridgehead atoms. The molecule has 2 rings (SSSR count). The fourth-order valence-electron chi connectivity index (χ4n) is 1.62. The molecule has 0 amide bonds. The molecule has 2 N–H and O–H groups in total. The van der Waals surface area contributed by atoms with Crippen LogP contribution in [-0.4, -0.2) is 9.97 Å². The molecule has 2 heterocycles. The van der Waals surface area contributed by atoms with Gasteiger partial charge < -0.3 is 5.73 Å². The van der Waals surface area contributed by atoms with Gasteiger partial charge >= 0.3 is 0 Å². The van der Waals surface area contributed by atoms with Crippen molar-refractivity contribution >= 4 is 11.5 Å². The Morgan fingerprint density at radius 1 is 1.18 bits per heavy atom. The average molecular weight is 226 g/mol. The summed E-state index contributed by atoms with van der Waals surface area (Å²) < 4.78 is 0. The number of anilines is 2. The fraction of sp³-hybridized carbons (Fsp3) is 0.0769. The van der Waals surface area contributed by atoms with Gasteiger partial charge in [0, 0.05) is 12.4 Å². The van der Waals surface area contributed by atoms with Crippen molar-refractivity contribution in [3.8, 4) is 0 Å². The number of rotatable bonds is 3. The van der Waals surface area contributed by atoms with E-state index in [2.05, 4.69) is 16.5 Å². The highest BCUT2D eigenvalue weighted by atomic mass is 15.2. The second-order valence-electron chi connectivity index (χ2n) is 3.62. The summed E-state index contributed by atoms with van der Waals surface area (Å²) in [7, 11) is 0. The van der Waals surface area contributed by atoms with Crippen LogP contribution in [0.1, 0.15) is 5.69 Å². The van der Waals surface area contributed by atoms with Crippen LogP contribution in [-0.2, 0) is 0 Å². The Morgan fingerprint density at radius 3 is 2.53 bits per heavy atom. The lowest BCUT2D eigenvalue weighted by Gasteiger charge is -2.24. The Morgan fingerprint density at radius 2 is 1.94 bits per heavy atom. The zero-order valence-corrected chi connectivity index (χ0v) is 9.67. The molecule has 0 fully saturated rings. The van der Waals surface area contributed by atoms with E-state index in [0.29, 0.717) is 5.82 Å². The number of nitrogens with two attached hydrogens (primary N) is 1. The minimum absolute atomic E-state index is 0.416. The molecule has 4 nitrogen and oxygen atoms in total. The lowest BCUT2D eigenvalue weighted by atomic mass is 10.2. The zero-order valence-electron chi connectivity index (χ0n) is 9.67. The van der Waals surface area contributed by atoms with Gasteiger partial charge in [-0.15, -0.1) is 0 Å². The molecule has 0 radical (unpaired) electrons. The fourth-order valence-corrected chi connectivity index (χ4v) is 1.62. The van der Waals surface area contributed by atoms with Crippen molar-refractivity contribution in [2.45, 2.75) is 6.92 Å². The van der Waals surface area contributed by atoms with Gasteiger partial charge in [-0.05, 0) is 31.2 Å². The number of nitrogens with zero attached hydrogens (tertiary/aromatic N) is 3. The lowest BCUT2D eigenvalue weighted by molar-refractivity contribution is 1.05. The van der Waals surface area contributed by atoms with E-state index in [1.54, 1.807) is 17.3 Å². The molecule has 0 aliphatic heterocycles.